The van der Waals surface area contributed by atoms with E-state index in [4.69, 9.17) is 11.6 Å². The first-order valence-corrected chi connectivity index (χ1v) is 10.6. The van der Waals surface area contributed by atoms with E-state index in [1.165, 1.54) is 30.5 Å². The molecule has 0 spiro atoms. The van der Waals surface area contributed by atoms with Gasteiger partial charge in [0.05, 0.1) is 11.1 Å². The van der Waals surface area contributed by atoms with Gasteiger partial charge in [-0.2, -0.15) is 4.24 Å². The fraction of sp³-hybridized carbons (Fsp3) is 0. The lowest BCUT2D eigenvalue weighted by Gasteiger charge is -2.15. The minimum Gasteiger partial charge on any atom is -0.506 e. The van der Waals surface area contributed by atoms with Crippen molar-refractivity contribution in [2.45, 2.75) is 0 Å². The number of nitrogens with zero attached hydrogens (tertiary/aromatic N) is 3. The van der Waals surface area contributed by atoms with Crippen LogP contribution in [0.1, 0.15) is 15.9 Å². The maximum Gasteiger partial charge on any atom is 0.269 e. The summed E-state index contributed by atoms with van der Waals surface area (Å²) in [5, 5.41) is 22.6. The molecule has 1 aliphatic heterocycles. The predicted molar refractivity (Wildman–Crippen MR) is 129 cm³/mol. The monoisotopic (exact) mass is 472 g/mol. The molecule has 0 radical (unpaired) electrons. The number of carbonyl (C=O) groups is 1. The smallest absolute Gasteiger partial charge is 0.269 e. The third-order valence-corrected chi connectivity index (χ3v) is 5.33. The molecule has 168 valence electrons. The van der Waals surface area contributed by atoms with Gasteiger partial charge in [-0.15, -0.1) is 0 Å². The van der Waals surface area contributed by atoms with E-state index < -0.39 is 4.92 Å². The van der Waals surface area contributed by atoms with Crippen LogP contribution in [0.5, 0.6) is 0 Å². The average molecular weight is 473 g/mol. The van der Waals surface area contributed by atoms with Crippen LogP contribution in [0.15, 0.2) is 104 Å². The molecular formula is C26H19ClN3O4+. The first-order chi connectivity index (χ1) is 16.4. The molecule has 1 aliphatic rings. The van der Waals surface area contributed by atoms with Crippen LogP contribution in [0.25, 0.3) is 11.3 Å². The molecular weight excluding hydrogens is 454 g/mol. The molecule has 3 aromatic rings. The largest absolute Gasteiger partial charge is 0.506 e. The summed E-state index contributed by atoms with van der Waals surface area (Å²) in [7, 11) is 0. The van der Waals surface area contributed by atoms with E-state index >= 15 is 0 Å². The fourth-order valence-corrected chi connectivity index (χ4v) is 3.35. The zero-order valence-corrected chi connectivity index (χ0v) is 18.5. The molecule has 2 aromatic carbocycles. The third kappa shape index (κ3) is 5.46. The zero-order valence-electron chi connectivity index (χ0n) is 17.8. The van der Waals surface area contributed by atoms with Gasteiger partial charge in [-0.3, -0.25) is 14.9 Å². The summed E-state index contributed by atoms with van der Waals surface area (Å²) < 4.78 is 1.63. The van der Waals surface area contributed by atoms with Crippen LogP contribution in [0.3, 0.4) is 0 Å². The number of ketones is 1. The number of nitro groups is 1. The quantitative estimate of drug-likeness (QED) is 0.194. The molecule has 0 saturated heterocycles. The second-order valence-electron chi connectivity index (χ2n) is 7.39. The van der Waals surface area contributed by atoms with Crippen LogP contribution in [0, 0.1) is 16.3 Å². The second-order valence-corrected chi connectivity index (χ2v) is 7.82. The van der Waals surface area contributed by atoms with Crippen molar-refractivity contribution in [2.24, 2.45) is 0 Å². The summed E-state index contributed by atoms with van der Waals surface area (Å²) in [5.41, 5.74) is 1.93. The Morgan fingerprint density at radius 2 is 1.53 bits per heavy atom. The van der Waals surface area contributed by atoms with Crippen LogP contribution < -0.4 is 9.46 Å². The molecule has 0 atom stereocenters. The summed E-state index contributed by atoms with van der Waals surface area (Å²) in [4.78, 5) is 24.4. The molecule has 4 rings (SSSR count). The molecule has 0 bridgehead atoms. The number of aliphatic hydroxyl groups is 1. The number of pyridine rings is 1. The molecule has 0 saturated carbocycles. The lowest BCUT2D eigenvalue weighted by molar-refractivity contribution is -0.505. The summed E-state index contributed by atoms with van der Waals surface area (Å²) in [5.74, 6) is -0.149. The Kier molecular flexibility index (Phi) is 6.66. The van der Waals surface area contributed by atoms with Gasteiger partial charge < -0.3 is 10.0 Å². The van der Waals surface area contributed by atoms with Crippen LogP contribution in [-0.4, -0.2) is 20.7 Å². The van der Waals surface area contributed by atoms with Crippen molar-refractivity contribution in [2.75, 3.05) is 0 Å². The van der Waals surface area contributed by atoms with Gasteiger partial charge in [0.1, 0.15) is 5.76 Å². The molecule has 2 heterocycles. The number of halogens is 1. The van der Waals surface area contributed by atoms with Gasteiger partial charge in [0, 0.05) is 52.8 Å². The second kappa shape index (κ2) is 9.97. The number of aliphatic hydroxyl groups excluding tert-OH is 1. The lowest BCUT2D eigenvalue weighted by Crippen LogP contribution is -2.22. The summed E-state index contributed by atoms with van der Waals surface area (Å²) in [6, 6.07) is 16.1. The highest BCUT2D eigenvalue weighted by Crippen LogP contribution is 2.18. The van der Waals surface area contributed by atoms with Gasteiger partial charge in [-0.25, -0.2) is 0 Å². The van der Waals surface area contributed by atoms with E-state index in [2.05, 4.69) is 0 Å². The van der Waals surface area contributed by atoms with Crippen molar-refractivity contribution in [1.29, 1.82) is 0 Å². The maximum absolute atomic E-state index is 12.4. The van der Waals surface area contributed by atoms with Crippen molar-refractivity contribution in [3.63, 3.8) is 0 Å². The van der Waals surface area contributed by atoms with E-state index in [0.29, 0.717) is 16.1 Å². The highest BCUT2D eigenvalue weighted by atomic mass is 35.5. The van der Waals surface area contributed by atoms with Gasteiger partial charge >= 0.3 is 0 Å². The van der Waals surface area contributed by atoms with Crippen molar-refractivity contribution >= 4 is 34.4 Å². The Balaban J connectivity index is 1.48. The number of aromatic nitrogens is 1. The van der Waals surface area contributed by atoms with Crippen LogP contribution in [0.4, 0.5) is 5.69 Å². The van der Waals surface area contributed by atoms with E-state index in [1.54, 1.807) is 52.0 Å². The van der Waals surface area contributed by atoms with Gasteiger partial charge in [0.25, 0.3) is 5.69 Å². The van der Waals surface area contributed by atoms with Crippen LogP contribution in [-0.2, 0) is 0 Å². The highest BCUT2D eigenvalue weighted by Gasteiger charge is 2.10. The van der Waals surface area contributed by atoms with Crippen LogP contribution in [0.2, 0.25) is 5.02 Å². The number of nitro benzene ring substituents is 1. The molecule has 0 aliphatic carbocycles. The fourth-order valence-electron chi connectivity index (χ4n) is 3.23. The summed E-state index contributed by atoms with van der Waals surface area (Å²) in [6.07, 6.45) is 14.0. The van der Waals surface area contributed by atoms with Crippen molar-refractivity contribution < 1.29 is 19.1 Å². The molecule has 8 heteroatoms. The normalized spacial score (nSPS) is 13.1. The van der Waals surface area contributed by atoms with Gasteiger partial charge in [-0.05, 0) is 59.3 Å². The number of hydrogen-bond donors (Lipinski definition) is 1. The zero-order chi connectivity index (χ0) is 24.1. The SMILES string of the molecule is O=C(C=[n+]1ccc(=C2C=CN(/C=C(\O)c3ccc(Cl)cc3)C=C2)cc1)c1ccc([N+](=O)[O-])cc1. The number of hydrogen-bond acceptors (Lipinski definition) is 5. The van der Waals surface area contributed by atoms with E-state index in [1.807, 2.05) is 36.7 Å². The number of Topliss-reactive ketones (excluding diaryl/α,β-unsaturated/α-hetero) is 1. The van der Waals surface area contributed by atoms with Crippen LogP contribution >= 0.6 is 11.6 Å². The lowest BCUT2D eigenvalue weighted by atomic mass is 10.1. The Labute approximate surface area is 200 Å². The van der Waals surface area contributed by atoms with Crippen molar-refractivity contribution in [3.8, 4) is 0 Å². The van der Waals surface area contributed by atoms with E-state index in [0.717, 1.165) is 10.8 Å². The van der Waals surface area contributed by atoms with Gasteiger partial charge in [0.15, 0.2) is 12.4 Å². The molecule has 0 amide bonds. The van der Waals surface area contributed by atoms with Crippen molar-refractivity contribution in [3.05, 3.63) is 142 Å². The Bertz CT molecular complexity index is 1420. The Morgan fingerprint density at radius 3 is 2.12 bits per heavy atom. The van der Waals surface area contributed by atoms with E-state index in [9.17, 15) is 20.0 Å². The average Bonchev–Trinajstić information content (AvgIpc) is 2.85. The maximum atomic E-state index is 12.4. The molecule has 1 aromatic heterocycles. The van der Waals surface area contributed by atoms with E-state index in [-0.39, 0.29) is 17.2 Å². The Morgan fingerprint density at radius 1 is 0.941 bits per heavy atom. The summed E-state index contributed by atoms with van der Waals surface area (Å²) >= 11 is 5.88. The molecule has 7 nitrogen and oxygen atoms in total. The predicted octanol–water partition coefficient (Wildman–Crippen LogP) is 4.48. The first kappa shape index (κ1) is 22.7. The number of non-ortho nitro benzene ring substituents is 1. The van der Waals surface area contributed by atoms with Crippen molar-refractivity contribution in [1.82, 2.24) is 4.90 Å². The first-order valence-electron chi connectivity index (χ1n) is 10.2. The topological polar surface area (TPSA) is 89.6 Å². The highest BCUT2D eigenvalue weighted by molar-refractivity contribution is 6.30. The Hall–Kier alpha value is -4.49. The number of carbonyl (C=O) groups excluding carboxylic acids is 1. The standard InChI is InChI=1S/C26H18ClN3O4/c27-23-5-1-21(2-6-23)25(31)17-28-13-9-19(10-14-28)20-11-15-29(16-12-20)18-26(32)22-3-7-24(8-4-22)30(33)34/h1-18H/p+1/b25-17-. The molecule has 1 N–H and O–H groups in total. The molecule has 0 fully saturated rings. The number of allylic oxidation sites excluding steroid dienone is 2. The number of benzene rings is 2. The summed E-state index contributed by atoms with van der Waals surface area (Å²) in [6.45, 7) is 0. The molecule has 0 unspecified atom stereocenters. The van der Waals surface area contributed by atoms with Gasteiger partial charge in [-0.1, -0.05) is 11.6 Å². The minimum absolute atomic E-state index is 0.0616. The molecule has 34 heavy (non-hydrogen) atoms. The minimum atomic E-state index is -0.505. The number of rotatable bonds is 5. The third-order valence-electron chi connectivity index (χ3n) is 5.08. The van der Waals surface area contributed by atoms with Gasteiger partial charge in [0.2, 0.25) is 12.0 Å².